The van der Waals surface area contributed by atoms with Crippen molar-refractivity contribution in [2.45, 2.75) is 6.92 Å². The average Bonchev–Trinajstić information content (AvgIpc) is 1.64. The van der Waals surface area contributed by atoms with Gasteiger partial charge in [0.2, 0.25) is 5.91 Å². The number of carbonyl (C=O) groups excluding carboxylic acids is 2. The largest absolute Gasteiger partial charge is 0.300 e. The molecule has 0 heterocycles. The van der Waals surface area contributed by atoms with E-state index in [2.05, 4.69) is 12.6 Å². The highest BCUT2D eigenvalue weighted by Crippen LogP contribution is 1.99. The van der Waals surface area contributed by atoms with E-state index in [-0.39, 0.29) is 0 Å². The summed E-state index contributed by atoms with van der Waals surface area (Å²) < 4.78 is 0.392. The second kappa shape index (κ2) is 2.94. The number of rotatable bonds is 0. The van der Waals surface area contributed by atoms with Gasteiger partial charge < -0.3 is 0 Å². The number of amides is 2. The van der Waals surface area contributed by atoms with Crippen LogP contribution in [0.15, 0.2) is 0 Å². The molecule has 5 heteroatoms. The second-order valence-electron chi connectivity index (χ2n) is 1.08. The molecule has 0 saturated carbocycles. The van der Waals surface area contributed by atoms with Crippen molar-refractivity contribution < 1.29 is 9.59 Å². The molecule has 0 aromatic carbocycles. The predicted molar refractivity (Wildman–Crippen MR) is 32.8 cm³/mol. The smallest absolute Gasteiger partial charge is 0.273 e. The molecule has 0 unspecified atom stereocenters. The molecule has 0 aromatic rings. The van der Waals surface area contributed by atoms with E-state index in [1.165, 1.54) is 6.92 Å². The summed E-state index contributed by atoms with van der Waals surface area (Å²) in [6.07, 6.45) is 0. The summed E-state index contributed by atoms with van der Waals surface area (Å²) in [5.74, 6) is -0.535. The average molecular weight is 154 g/mol. The second-order valence-corrected chi connectivity index (χ2v) is 1.80. The van der Waals surface area contributed by atoms with Crippen LogP contribution in [0.1, 0.15) is 6.92 Å². The Bertz CT molecular complexity index is 112. The SMILES string of the molecule is CC(=O)N(Cl)C(=O)S. The lowest BCUT2D eigenvalue weighted by molar-refractivity contribution is -0.122. The topological polar surface area (TPSA) is 37.4 Å². The van der Waals surface area contributed by atoms with Crippen LogP contribution in [0.5, 0.6) is 0 Å². The van der Waals surface area contributed by atoms with E-state index >= 15 is 0 Å². The summed E-state index contributed by atoms with van der Waals surface area (Å²) in [5, 5.41) is -0.765. The summed E-state index contributed by atoms with van der Waals surface area (Å²) in [7, 11) is 0. The summed E-state index contributed by atoms with van der Waals surface area (Å²) >= 11 is 8.28. The third kappa shape index (κ3) is 2.18. The lowest BCUT2D eigenvalue weighted by atomic mass is 10.7. The standard InChI is InChI=1S/C3H4ClNO2S/c1-2(6)5(4)3(7)8/h1H3,(H,7,8). The molecule has 0 aliphatic carbocycles. The Labute approximate surface area is 57.1 Å². The van der Waals surface area contributed by atoms with Crippen molar-refractivity contribution in [1.29, 1.82) is 0 Å². The molecule has 0 aliphatic heterocycles. The molecular weight excluding hydrogens is 150 g/mol. The van der Waals surface area contributed by atoms with Crippen molar-refractivity contribution in [2.75, 3.05) is 0 Å². The Morgan fingerprint density at radius 1 is 1.62 bits per heavy atom. The lowest BCUT2D eigenvalue weighted by Gasteiger charge is -2.01. The fourth-order valence-electron chi connectivity index (χ4n) is 0.135. The molecule has 2 amide bonds. The van der Waals surface area contributed by atoms with Crippen LogP contribution >= 0.6 is 24.4 Å². The molecule has 0 spiro atoms. The van der Waals surface area contributed by atoms with E-state index < -0.39 is 11.1 Å². The Morgan fingerprint density at radius 3 is 2.00 bits per heavy atom. The van der Waals surface area contributed by atoms with Crippen LogP contribution in [0, 0.1) is 0 Å². The number of hydrogen-bond acceptors (Lipinski definition) is 2. The van der Waals surface area contributed by atoms with Crippen molar-refractivity contribution in [1.82, 2.24) is 4.42 Å². The highest BCUT2D eigenvalue weighted by molar-refractivity contribution is 7.96. The Kier molecular flexibility index (Phi) is 2.86. The number of halogens is 1. The van der Waals surface area contributed by atoms with E-state index in [1.54, 1.807) is 0 Å². The van der Waals surface area contributed by atoms with Crippen molar-refractivity contribution in [3.05, 3.63) is 0 Å². The van der Waals surface area contributed by atoms with Crippen molar-refractivity contribution in [3.63, 3.8) is 0 Å². The number of nitrogens with zero attached hydrogens (tertiary/aromatic N) is 1. The van der Waals surface area contributed by atoms with Gasteiger partial charge in [-0.05, 0) is 0 Å². The molecule has 0 aliphatic rings. The maximum atomic E-state index is 10.1. The van der Waals surface area contributed by atoms with Gasteiger partial charge >= 0.3 is 0 Å². The third-order valence-electron chi connectivity index (χ3n) is 0.444. The maximum Gasteiger partial charge on any atom is 0.300 e. The van der Waals surface area contributed by atoms with Gasteiger partial charge in [0.1, 0.15) is 0 Å². The zero-order valence-electron chi connectivity index (χ0n) is 4.09. The van der Waals surface area contributed by atoms with E-state index in [4.69, 9.17) is 11.8 Å². The fraction of sp³-hybridized carbons (Fsp3) is 0.333. The molecule has 0 fully saturated rings. The number of hydrogen-bond donors (Lipinski definition) is 1. The van der Waals surface area contributed by atoms with Crippen LogP contribution in [0.2, 0.25) is 0 Å². The van der Waals surface area contributed by atoms with Crippen LogP contribution < -0.4 is 0 Å². The van der Waals surface area contributed by atoms with Gasteiger partial charge in [0.25, 0.3) is 5.24 Å². The minimum absolute atomic E-state index is 0.392. The summed E-state index contributed by atoms with van der Waals surface area (Å²) in [6.45, 7) is 1.17. The van der Waals surface area contributed by atoms with E-state index in [9.17, 15) is 9.59 Å². The predicted octanol–water partition coefficient (Wildman–Crippen LogP) is 1.04. The number of thiol groups is 1. The van der Waals surface area contributed by atoms with Gasteiger partial charge in [0, 0.05) is 18.7 Å². The number of carbonyl (C=O) groups is 2. The van der Waals surface area contributed by atoms with Gasteiger partial charge in [-0.2, -0.15) is 4.42 Å². The zero-order chi connectivity index (χ0) is 6.73. The molecule has 0 N–H and O–H groups in total. The fourth-order valence-corrected chi connectivity index (χ4v) is 0.276. The molecule has 0 bridgehead atoms. The molecule has 8 heavy (non-hydrogen) atoms. The molecule has 3 nitrogen and oxygen atoms in total. The van der Waals surface area contributed by atoms with Crippen LogP contribution in [-0.2, 0) is 4.79 Å². The summed E-state index contributed by atoms with van der Waals surface area (Å²) in [4.78, 5) is 20.1. The number of imide groups is 1. The molecule has 0 aromatic heterocycles. The van der Waals surface area contributed by atoms with Crippen molar-refractivity contribution >= 4 is 35.6 Å². The normalized spacial score (nSPS) is 8.38. The van der Waals surface area contributed by atoms with E-state index in [1.807, 2.05) is 0 Å². The third-order valence-corrected chi connectivity index (χ3v) is 1.15. The monoisotopic (exact) mass is 153 g/mol. The zero-order valence-corrected chi connectivity index (χ0v) is 5.74. The highest BCUT2D eigenvalue weighted by Gasteiger charge is 2.09. The summed E-state index contributed by atoms with van der Waals surface area (Å²) in [6, 6.07) is 0. The van der Waals surface area contributed by atoms with Crippen LogP contribution in [0.4, 0.5) is 4.79 Å². The summed E-state index contributed by atoms with van der Waals surface area (Å²) in [5.41, 5.74) is 0. The van der Waals surface area contributed by atoms with Crippen LogP contribution in [-0.4, -0.2) is 15.6 Å². The van der Waals surface area contributed by atoms with Gasteiger partial charge in [-0.25, -0.2) is 0 Å². The van der Waals surface area contributed by atoms with Gasteiger partial charge in [-0.1, -0.05) is 12.6 Å². The minimum atomic E-state index is -0.765. The molecule has 0 rings (SSSR count). The molecular formula is C3H4ClNO2S. The van der Waals surface area contributed by atoms with Gasteiger partial charge in [-0.3, -0.25) is 9.59 Å². The van der Waals surface area contributed by atoms with Crippen LogP contribution in [0.3, 0.4) is 0 Å². The van der Waals surface area contributed by atoms with Crippen LogP contribution in [0.25, 0.3) is 0 Å². The van der Waals surface area contributed by atoms with Gasteiger partial charge in [0.15, 0.2) is 0 Å². The van der Waals surface area contributed by atoms with Crippen molar-refractivity contribution in [3.8, 4) is 0 Å². The highest BCUT2D eigenvalue weighted by atomic mass is 35.5. The maximum absolute atomic E-state index is 10.1. The Hall–Kier alpha value is -0.220. The van der Waals surface area contributed by atoms with Crippen molar-refractivity contribution in [2.24, 2.45) is 0 Å². The molecule has 46 valence electrons. The minimum Gasteiger partial charge on any atom is -0.273 e. The molecule has 0 atom stereocenters. The first kappa shape index (κ1) is 7.78. The van der Waals surface area contributed by atoms with E-state index in [0.29, 0.717) is 4.42 Å². The first-order valence-electron chi connectivity index (χ1n) is 1.75. The molecule has 0 radical (unpaired) electrons. The first-order chi connectivity index (χ1) is 3.55. The Morgan fingerprint density at radius 2 is 2.00 bits per heavy atom. The Balaban J connectivity index is 3.83. The lowest BCUT2D eigenvalue weighted by Crippen LogP contribution is -2.19. The quantitative estimate of drug-likeness (QED) is 0.417. The van der Waals surface area contributed by atoms with Gasteiger partial charge in [-0.15, -0.1) is 0 Å². The van der Waals surface area contributed by atoms with E-state index in [0.717, 1.165) is 0 Å². The first-order valence-corrected chi connectivity index (χ1v) is 2.53. The molecule has 0 saturated heterocycles. The van der Waals surface area contributed by atoms with Gasteiger partial charge in [0.05, 0.1) is 0 Å².